The molecule has 0 heterocycles. The van der Waals surface area contributed by atoms with Crippen molar-refractivity contribution in [2.75, 3.05) is 6.61 Å². The molecule has 136 valence electrons. The van der Waals surface area contributed by atoms with Crippen LogP contribution in [0.25, 0.3) is 0 Å². The molecule has 0 aliphatic heterocycles. The predicted octanol–water partition coefficient (Wildman–Crippen LogP) is 3.00. The highest BCUT2D eigenvalue weighted by Crippen LogP contribution is 2.21. The number of amidine groups is 1. The van der Waals surface area contributed by atoms with Crippen molar-refractivity contribution in [3.63, 3.8) is 0 Å². The van der Waals surface area contributed by atoms with Gasteiger partial charge in [0.05, 0.1) is 18.5 Å². The van der Waals surface area contributed by atoms with Crippen LogP contribution < -0.4 is 10.2 Å². The van der Waals surface area contributed by atoms with Crippen molar-refractivity contribution in [1.82, 2.24) is 5.48 Å². The number of phenolic OH excluding ortho intramolecular Hbond substituents is 2. The van der Waals surface area contributed by atoms with E-state index in [1.807, 2.05) is 12.4 Å². The Morgan fingerprint density at radius 2 is 1.88 bits per heavy atom. The summed E-state index contributed by atoms with van der Waals surface area (Å²) in [6, 6.07) is 11.2. The summed E-state index contributed by atoms with van der Waals surface area (Å²) in [7, 11) is 0. The van der Waals surface area contributed by atoms with Crippen molar-refractivity contribution in [3.05, 3.63) is 48.0 Å². The largest absolute Gasteiger partial charge is 0.508 e. The molecule has 8 nitrogen and oxygen atoms in total. The number of rotatable bonds is 6. The summed E-state index contributed by atoms with van der Waals surface area (Å²) in [6.45, 7) is 4.09. The van der Waals surface area contributed by atoms with Crippen LogP contribution in [-0.4, -0.2) is 39.8 Å². The Kier molecular flexibility index (Phi) is 6.69. The fourth-order valence-corrected chi connectivity index (χ4v) is 1.97. The molecule has 0 aliphatic rings. The molecule has 2 aromatic rings. The van der Waals surface area contributed by atoms with Gasteiger partial charge in [0, 0.05) is 11.6 Å². The first-order valence-corrected chi connectivity index (χ1v) is 7.85. The molecule has 0 aromatic heterocycles. The lowest BCUT2D eigenvalue weighted by Gasteiger charge is -2.05. The number of aliphatic imine (C=N–C) groups is 1. The Morgan fingerprint density at radius 1 is 1.15 bits per heavy atom. The van der Waals surface area contributed by atoms with Gasteiger partial charge in [-0.05, 0) is 50.2 Å². The van der Waals surface area contributed by atoms with Gasteiger partial charge >= 0.3 is 0 Å². The van der Waals surface area contributed by atoms with E-state index < -0.39 is 0 Å². The normalized spacial score (nSPS) is 12.4. The third kappa shape index (κ3) is 5.32. The topological polar surface area (TPSA) is 119 Å². The summed E-state index contributed by atoms with van der Waals surface area (Å²) < 4.78 is 5.36. The van der Waals surface area contributed by atoms with Crippen LogP contribution in [0.1, 0.15) is 19.4 Å². The van der Waals surface area contributed by atoms with Crippen LogP contribution in [0.4, 0.5) is 5.69 Å². The lowest BCUT2D eigenvalue weighted by molar-refractivity contribution is 0.236. The third-order valence-electron chi connectivity index (χ3n) is 3.26. The van der Waals surface area contributed by atoms with Crippen molar-refractivity contribution >= 4 is 23.4 Å². The second-order valence-electron chi connectivity index (χ2n) is 5.17. The smallest absolute Gasteiger partial charge is 0.173 e. The zero-order valence-corrected chi connectivity index (χ0v) is 14.4. The van der Waals surface area contributed by atoms with Gasteiger partial charge in [0.15, 0.2) is 5.84 Å². The van der Waals surface area contributed by atoms with E-state index in [1.54, 1.807) is 31.2 Å². The number of hydrogen-bond acceptors (Lipinski definition) is 7. The second-order valence-corrected chi connectivity index (χ2v) is 5.17. The van der Waals surface area contributed by atoms with Crippen molar-refractivity contribution in [3.8, 4) is 17.2 Å². The third-order valence-corrected chi connectivity index (χ3v) is 3.26. The SMILES string of the molecule is CCOc1ccc(N=C(NO)/C(C)=N/N=C/c2ccc(O)cc2O)cc1. The van der Waals surface area contributed by atoms with Gasteiger partial charge in [-0.15, -0.1) is 0 Å². The lowest BCUT2D eigenvalue weighted by Crippen LogP contribution is -2.26. The Bertz CT molecular complexity index is 830. The molecule has 0 fully saturated rings. The number of nitrogens with zero attached hydrogens (tertiary/aromatic N) is 3. The molecular weight excluding hydrogens is 336 g/mol. The van der Waals surface area contributed by atoms with Gasteiger partial charge in [0.2, 0.25) is 0 Å². The van der Waals surface area contributed by atoms with Crippen LogP contribution in [0, 0.1) is 0 Å². The van der Waals surface area contributed by atoms with E-state index in [-0.39, 0.29) is 17.3 Å². The number of hydrogen-bond donors (Lipinski definition) is 4. The van der Waals surface area contributed by atoms with E-state index in [0.717, 1.165) is 5.75 Å². The Balaban J connectivity index is 2.14. The van der Waals surface area contributed by atoms with Crippen molar-refractivity contribution in [1.29, 1.82) is 0 Å². The van der Waals surface area contributed by atoms with Gasteiger partial charge in [0.1, 0.15) is 23.0 Å². The fourth-order valence-electron chi connectivity index (χ4n) is 1.97. The molecule has 0 bridgehead atoms. The van der Waals surface area contributed by atoms with E-state index >= 15 is 0 Å². The molecule has 2 aromatic carbocycles. The van der Waals surface area contributed by atoms with Crippen LogP contribution in [0.2, 0.25) is 0 Å². The molecule has 4 N–H and O–H groups in total. The molecule has 0 spiro atoms. The van der Waals surface area contributed by atoms with Gasteiger partial charge in [-0.2, -0.15) is 10.2 Å². The highest BCUT2D eigenvalue weighted by Gasteiger charge is 2.04. The summed E-state index contributed by atoms with van der Waals surface area (Å²) in [5, 5.41) is 36.0. The molecule has 0 unspecified atom stereocenters. The molecule has 2 rings (SSSR count). The van der Waals surface area contributed by atoms with E-state index in [9.17, 15) is 15.4 Å². The molecule has 26 heavy (non-hydrogen) atoms. The average molecular weight is 356 g/mol. The highest BCUT2D eigenvalue weighted by atomic mass is 16.5. The Hall–Kier alpha value is -3.39. The van der Waals surface area contributed by atoms with Gasteiger partial charge < -0.3 is 14.9 Å². The summed E-state index contributed by atoms with van der Waals surface area (Å²) in [5.74, 6) is 0.689. The summed E-state index contributed by atoms with van der Waals surface area (Å²) in [6.07, 6.45) is 1.32. The van der Waals surface area contributed by atoms with E-state index in [0.29, 0.717) is 23.6 Å². The second kappa shape index (κ2) is 9.19. The molecule has 0 saturated heterocycles. The lowest BCUT2D eigenvalue weighted by atomic mass is 10.2. The first kappa shape index (κ1) is 18.9. The van der Waals surface area contributed by atoms with Crippen LogP contribution >= 0.6 is 0 Å². The standard InChI is InChI=1S/C18H20N4O4/c1-3-26-16-8-5-14(6-9-16)20-18(22-25)12(2)21-19-11-13-4-7-15(23)10-17(13)24/h4-11,23-25H,3H2,1-2H3,(H,20,22)/b19-11+,21-12+. The minimum atomic E-state index is -0.120. The molecule has 0 aliphatic carbocycles. The Morgan fingerprint density at radius 3 is 2.50 bits per heavy atom. The van der Waals surface area contributed by atoms with Crippen LogP contribution in [0.5, 0.6) is 17.2 Å². The number of ether oxygens (including phenoxy) is 1. The summed E-state index contributed by atoms with van der Waals surface area (Å²) in [5.41, 5.74) is 3.31. The molecule has 0 amide bonds. The van der Waals surface area contributed by atoms with Gasteiger partial charge in [0.25, 0.3) is 0 Å². The molecular formula is C18H20N4O4. The maximum atomic E-state index is 9.68. The zero-order valence-electron chi connectivity index (χ0n) is 14.4. The quantitative estimate of drug-likeness (QED) is 0.360. The van der Waals surface area contributed by atoms with Crippen LogP contribution in [0.15, 0.2) is 57.7 Å². The van der Waals surface area contributed by atoms with Gasteiger partial charge in [-0.25, -0.2) is 4.99 Å². The minimum Gasteiger partial charge on any atom is -0.508 e. The molecule has 0 radical (unpaired) electrons. The number of benzene rings is 2. The van der Waals surface area contributed by atoms with Crippen LogP contribution in [0.3, 0.4) is 0 Å². The summed E-state index contributed by atoms with van der Waals surface area (Å²) >= 11 is 0. The first-order valence-electron chi connectivity index (χ1n) is 7.85. The fraction of sp³-hybridized carbons (Fsp3) is 0.167. The number of nitrogens with one attached hydrogen (secondary N) is 1. The minimum absolute atomic E-state index is 0.0476. The van der Waals surface area contributed by atoms with Crippen molar-refractivity contribution < 1.29 is 20.2 Å². The van der Waals surface area contributed by atoms with E-state index in [4.69, 9.17) is 4.74 Å². The first-order chi connectivity index (χ1) is 12.5. The summed E-state index contributed by atoms with van der Waals surface area (Å²) in [4.78, 5) is 4.25. The zero-order chi connectivity index (χ0) is 18.9. The molecule has 0 saturated carbocycles. The number of phenols is 2. The molecule has 8 heteroatoms. The average Bonchev–Trinajstić information content (AvgIpc) is 2.63. The number of hydroxylamine groups is 1. The predicted molar refractivity (Wildman–Crippen MR) is 100 cm³/mol. The van der Waals surface area contributed by atoms with Gasteiger partial charge in [-0.3, -0.25) is 10.7 Å². The maximum Gasteiger partial charge on any atom is 0.173 e. The molecule has 0 atom stereocenters. The number of aromatic hydroxyl groups is 2. The van der Waals surface area contributed by atoms with E-state index in [1.165, 1.54) is 24.4 Å². The van der Waals surface area contributed by atoms with Crippen LogP contribution in [-0.2, 0) is 0 Å². The van der Waals surface area contributed by atoms with Crippen molar-refractivity contribution in [2.45, 2.75) is 13.8 Å². The van der Waals surface area contributed by atoms with Gasteiger partial charge in [-0.1, -0.05) is 0 Å². The van der Waals surface area contributed by atoms with E-state index in [2.05, 4.69) is 15.2 Å². The monoisotopic (exact) mass is 356 g/mol. The Labute approximate surface area is 150 Å². The highest BCUT2D eigenvalue weighted by molar-refractivity contribution is 6.40. The van der Waals surface area contributed by atoms with Crippen molar-refractivity contribution in [2.24, 2.45) is 15.2 Å². The maximum absolute atomic E-state index is 9.68.